The van der Waals surface area contributed by atoms with E-state index in [1.54, 1.807) is 11.3 Å². The summed E-state index contributed by atoms with van der Waals surface area (Å²) in [6.07, 6.45) is 4.95. The minimum atomic E-state index is -0.230. The van der Waals surface area contributed by atoms with E-state index in [9.17, 15) is 4.79 Å². The van der Waals surface area contributed by atoms with Gasteiger partial charge < -0.3 is 9.47 Å². The highest BCUT2D eigenvalue weighted by atomic mass is 32.2. The zero-order valence-electron chi connectivity index (χ0n) is 18.9. The third-order valence-electron chi connectivity index (χ3n) is 6.46. The summed E-state index contributed by atoms with van der Waals surface area (Å²) in [5, 5.41) is 11.7. The van der Waals surface area contributed by atoms with E-state index in [-0.39, 0.29) is 16.4 Å². The molecular weight excluding hydrogens is 436 g/mol. The molecule has 1 aromatic carbocycles. The zero-order chi connectivity index (χ0) is 22.5. The fourth-order valence-corrected chi connectivity index (χ4v) is 6.16. The Morgan fingerprint density at radius 2 is 2.03 bits per heavy atom. The van der Waals surface area contributed by atoms with Crippen molar-refractivity contribution in [3.63, 3.8) is 0 Å². The molecule has 1 unspecified atom stereocenters. The number of carbonyl (C=O) groups excluding carboxylic acids is 1. The van der Waals surface area contributed by atoms with Gasteiger partial charge in [0, 0.05) is 47.3 Å². The van der Waals surface area contributed by atoms with Gasteiger partial charge in [-0.3, -0.25) is 4.79 Å². The van der Waals surface area contributed by atoms with Crippen molar-refractivity contribution >= 4 is 34.6 Å². The molecule has 3 heterocycles. The van der Waals surface area contributed by atoms with Crippen LogP contribution in [0.3, 0.4) is 0 Å². The van der Waals surface area contributed by atoms with Crippen LogP contribution in [0.2, 0.25) is 0 Å². The number of hydrogen-bond donors (Lipinski definition) is 0. The van der Waals surface area contributed by atoms with Gasteiger partial charge in [0.2, 0.25) is 0 Å². The van der Waals surface area contributed by atoms with Gasteiger partial charge in [0.25, 0.3) is 0 Å². The van der Waals surface area contributed by atoms with Crippen LogP contribution < -0.4 is 4.90 Å². The molecule has 0 saturated heterocycles. The second kappa shape index (κ2) is 8.19. The number of ketones is 1. The molecule has 1 atom stereocenters. The summed E-state index contributed by atoms with van der Waals surface area (Å²) in [5.74, 6) is 1.12. The number of aromatic nitrogens is 3. The number of benzene rings is 1. The minimum Gasteiger partial charge on any atom is -0.347 e. The number of allylic oxidation sites excluding steroid dienone is 2. The average Bonchev–Trinajstić information content (AvgIpc) is 3.27. The van der Waals surface area contributed by atoms with Gasteiger partial charge in [-0.05, 0) is 42.8 Å². The summed E-state index contributed by atoms with van der Waals surface area (Å²) in [5.41, 5.74) is 3.27. The second-order valence-corrected chi connectivity index (χ2v) is 11.5. The van der Waals surface area contributed by atoms with E-state index in [0.29, 0.717) is 6.04 Å². The van der Waals surface area contributed by atoms with Crippen LogP contribution in [0.1, 0.15) is 55.9 Å². The van der Waals surface area contributed by atoms with Gasteiger partial charge in [0.05, 0.1) is 5.25 Å². The smallest absolute Gasteiger partial charge is 0.192 e. The molecular formula is C25H28N4OS2. The Morgan fingerprint density at radius 3 is 2.72 bits per heavy atom. The van der Waals surface area contributed by atoms with Crippen LogP contribution in [0, 0.1) is 0 Å². The van der Waals surface area contributed by atoms with Crippen molar-refractivity contribution in [2.24, 2.45) is 0 Å². The fourth-order valence-electron chi connectivity index (χ4n) is 4.50. The standard InChI is InChI=1S/C25H28N4OS2/c1-16(21(30)15-22-25(2,3)19-9-5-6-10-20(19)28(22)4)32-24-27-26-23(29(24)17-11-12-17)14-18-8-7-13-31-18/h5-10,13,15-17H,11-12,14H2,1-4H3/b22-15+. The lowest BCUT2D eigenvalue weighted by Crippen LogP contribution is -2.25. The van der Waals surface area contributed by atoms with Gasteiger partial charge in [-0.1, -0.05) is 49.9 Å². The molecule has 0 radical (unpaired) electrons. The number of thiophene rings is 1. The molecule has 1 saturated carbocycles. The Kier molecular flexibility index (Phi) is 5.50. The highest BCUT2D eigenvalue weighted by Crippen LogP contribution is 2.47. The summed E-state index contributed by atoms with van der Waals surface area (Å²) < 4.78 is 2.27. The molecule has 1 fully saturated rings. The van der Waals surface area contributed by atoms with Gasteiger partial charge in [-0.2, -0.15) is 0 Å². The number of anilines is 1. The van der Waals surface area contributed by atoms with Crippen molar-refractivity contribution in [3.05, 3.63) is 69.8 Å². The Labute approximate surface area is 197 Å². The van der Waals surface area contributed by atoms with Crippen molar-refractivity contribution in [2.75, 3.05) is 11.9 Å². The quantitative estimate of drug-likeness (QED) is 0.335. The molecule has 2 aromatic heterocycles. The van der Waals surface area contributed by atoms with Gasteiger partial charge in [-0.25, -0.2) is 0 Å². The Morgan fingerprint density at radius 1 is 1.25 bits per heavy atom. The number of fused-ring (bicyclic) bond motifs is 1. The van der Waals surface area contributed by atoms with Crippen LogP contribution in [0.25, 0.3) is 0 Å². The van der Waals surface area contributed by atoms with Crippen LogP contribution >= 0.6 is 23.1 Å². The summed E-state index contributed by atoms with van der Waals surface area (Å²) in [6, 6.07) is 13.1. The van der Waals surface area contributed by atoms with E-state index in [2.05, 4.69) is 69.2 Å². The average molecular weight is 465 g/mol. The Balaban J connectivity index is 1.36. The molecule has 1 aliphatic heterocycles. The molecule has 0 spiro atoms. The Hall–Kier alpha value is -2.38. The highest BCUT2D eigenvalue weighted by molar-refractivity contribution is 8.00. The van der Waals surface area contributed by atoms with E-state index in [1.807, 2.05) is 26.1 Å². The highest BCUT2D eigenvalue weighted by Gasteiger charge is 2.39. The van der Waals surface area contributed by atoms with Crippen molar-refractivity contribution < 1.29 is 4.79 Å². The SMILES string of the molecule is CC(Sc1nnc(Cc2cccs2)n1C1CC1)C(=O)/C=C1/N(C)c2ccccc2C1(C)C. The van der Waals surface area contributed by atoms with E-state index in [4.69, 9.17) is 0 Å². The number of carbonyl (C=O) groups is 1. The molecule has 1 aliphatic carbocycles. The topological polar surface area (TPSA) is 51.0 Å². The minimum absolute atomic E-state index is 0.114. The van der Waals surface area contributed by atoms with E-state index >= 15 is 0 Å². The maximum atomic E-state index is 13.3. The van der Waals surface area contributed by atoms with Crippen molar-refractivity contribution in [2.45, 2.75) is 61.9 Å². The van der Waals surface area contributed by atoms with Gasteiger partial charge >= 0.3 is 0 Å². The normalized spacial score (nSPS) is 19.4. The lowest BCUT2D eigenvalue weighted by Gasteiger charge is -2.24. The van der Waals surface area contributed by atoms with Crippen LogP contribution in [-0.4, -0.2) is 32.8 Å². The molecule has 5 nitrogen and oxygen atoms in total. The molecule has 166 valence electrons. The van der Waals surface area contributed by atoms with E-state index in [0.717, 1.165) is 35.9 Å². The third kappa shape index (κ3) is 3.82. The maximum Gasteiger partial charge on any atom is 0.192 e. The van der Waals surface area contributed by atoms with E-state index < -0.39 is 0 Å². The van der Waals surface area contributed by atoms with Gasteiger partial charge in [0.15, 0.2) is 10.9 Å². The summed E-state index contributed by atoms with van der Waals surface area (Å²) in [4.78, 5) is 16.7. The summed E-state index contributed by atoms with van der Waals surface area (Å²) in [7, 11) is 2.05. The number of hydrogen-bond acceptors (Lipinski definition) is 6. The molecule has 32 heavy (non-hydrogen) atoms. The Bertz CT molecular complexity index is 1170. The van der Waals surface area contributed by atoms with Crippen LogP contribution in [0.15, 0.2) is 58.7 Å². The lowest BCUT2D eigenvalue weighted by molar-refractivity contribution is -0.114. The maximum absolute atomic E-state index is 13.3. The molecule has 7 heteroatoms. The molecule has 5 rings (SSSR count). The van der Waals surface area contributed by atoms with Crippen LogP contribution in [-0.2, 0) is 16.6 Å². The molecule has 0 bridgehead atoms. The number of nitrogens with zero attached hydrogens (tertiary/aromatic N) is 4. The first kappa shape index (κ1) is 21.5. The number of para-hydroxylation sites is 1. The summed E-state index contributed by atoms with van der Waals surface area (Å²) in [6.45, 7) is 6.35. The van der Waals surface area contributed by atoms with Crippen molar-refractivity contribution in [1.82, 2.24) is 14.8 Å². The molecule has 0 N–H and O–H groups in total. The van der Waals surface area contributed by atoms with Crippen molar-refractivity contribution in [1.29, 1.82) is 0 Å². The largest absolute Gasteiger partial charge is 0.347 e. The molecule has 2 aliphatic rings. The lowest BCUT2D eigenvalue weighted by atomic mass is 9.83. The monoisotopic (exact) mass is 464 g/mol. The number of thioether (sulfide) groups is 1. The fraction of sp³-hybridized carbons (Fsp3) is 0.400. The number of rotatable bonds is 7. The molecule has 0 amide bonds. The van der Waals surface area contributed by atoms with Crippen LogP contribution in [0.4, 0.5) is 5.69 Å². The number of likely N-dealkylation sites (N-methyl/N-ethyl adjacent to an activating group) is 1. The van der Waals surface area contributed by atoms with E-state index in [1.165, 1.54) is 27.9 Å². The third-order valence-corrected chi connectivity index (χ3v) is 8.41. The predicted octanol–water partition coefficient (Wildman–Crippen LogP) is 5.63. The first-order chi connectivity index (χ1) is 15.4. The zero-order valence-corrected chi connectivity index (χ0v) is 20.5. The first-order valence-corrected chi connectivity index (χ1v) is 12.8. The van der Waals surface area contributed by atoms with Gasteiger partial charge in [-0.15, -0.1) is 21.5 Å². The second-order valence-electron chi connectivity index (χ2n) is 9.15. The van der Waals surface area contributed by atoms with Crippen molar-refractivity contribution in [3.8, 4) is 0 Å². The first-order valence-electron chi connectivity index (χ1n) is 11.1. The van der Waals surface area contributed by atoms with Crippen LogP contribution in [0.5, 0.6) is 0 Å². The predicted molar refractivity (Wildman–Crippen MR) is 132 cm³/mol. The van der Waals surface area contributed by atoms with Gasteiger partial charge in [0.1, 0.15) is 5.82 Å². The summed E-state index contributed by atoms with van der Waals surface area (Å²) >= 11 is 3.27. The molecule has 3 aromatic rings.